The number of nitrogens with zero attached hydrogens (tertiary/aromatic N) is 3. The van der Waals surface area contributed by atoms with Crippen molar-refractivity contribution in [2.45, 2.75) is 64.0 Å². The van der Waals surface area contributed by atoms with Gasteiger partial charge >= 0.3 is 6.03 Å². The van der Waals surface area contributed by atoms with Gasteiger partial charge in [0.15, 0.2) is 0 Å². The number of likely N-dealkylation sites (tertiary alicyclic amines) is 1. The third kappa shape index (κ3) is 5.14. The van der Waals surface area contributed by atoms with Gasteiger partial charge in [-0.15, -0.1) is 0 Å². The van der Waals surface area contributed by atoms with E-state index in [9.17, 15) is 14.4 Å². The van der Waals surface area contributed by atoms with Crippen LogP contribution >= 0.6 is 11.6 Å². The van der Waals surface area contributed by atoms with E-state index < -0.39 is 6.04 Å². The lowest BCUT2D eigenvalue weighted by Crippen LogP contribution is -2.49. The molecule has 1 aliphatic carbocycles. The van der Waals surface area contributed by atoms with Gasteiger partial charge in [0.25, 0.3) is 5.91 Å². The number of carbonyl (C=O) groups is 3. The van der Waals surface area contributed by atoms with Gasteiger partial charge < -0.3 is 15.1 Å². The molecule has 1 fully saturated rings. The summed E-state index contributed by atoms with van der Waals surface area (Å²) in [5.74, 6) is -0.139. The minimum absolute atomic E-state index is 0.0626. The van der Waals surface area contributed by atoms with Crippen molar-refractivity contribution < 1.29 is 14.4 Å². The van der Waals surface area contributed by atoms with Crippen LogP contribution in [0, 0.1) is 0 Å². The Morgan fingerprint density at radius 1 is 1.12 bits per heavy atom. The fourth-order valence-corrected chi connectivity index (χ4v) is 5.28. The number of nitrogens with one attached hydrogen (secondary N) is 1. The molecule has 34 heavy (non-hydrogen) atoms. The molecule has 8 heteroatoms. The largest absolute Gasteiger partial charge is 0.347 e. The predicted molar refractivity (Wildman–Crippen MR) is 132 cm³/mol. The molecule has 3 aliphatic rings. The maximum absolute atomic E-state index is 13.3. The van der Waals surface area contributed by atoms with E-state index in [-0.39, 0.29) is 24.4 Å². The number of rotatable bonds is 4. The number of halogens is 1. The average molecular weight is 485 g/mol. The summed E-state index contributed by atoms with van der Waals surface area (Å²) in [6.07, 6.45) is 11.7. The van der Waals surface area contributed by atoms with E-state index in [0.29, 0.717) is 23.6 Å². The Balaban J connectivity index is 1.43. The lowest BCUT2D eigenvalue weighted by molar-refractivity contribution is -0.132. The fraction of sp³-hybridized carbons (Fsp3) is 0.500. The van der Waals surface area contributed by atoms with Gasteiger partial charge in [0.05, 0.1) is 0 Å². The highest BCUT2D eigenvalue weighted by Gasteiger charge is 2.35. The third-order valence-corrected chi connectivity index (χ3v) is 7.25. The number of benzene rings is 1. The van der Waals surface area contributed by atoms with Crippen molar-refractivity contribution in [3.8, 4) is 0 Å². The molecule has 1 aromatic rings. The molecule has 1 aromatic carbocycles. The number of allylic oxidation sites excluding steroid dienone is 3. The van der Waals surface area contributed by atoms with Crippen LogP contribution in [-0.4, -0.2) is 59.2 Å². The Morgan fingerprint density at radius 2 is 1.91 bits per heavy atom. The normalized spacial score (nSPS) is 20.1. The minimum Gasteiger partial charge on any atom is -0.347 e. The fourth-order valence-electron chi connectivity index (χ4n) is 5.03. The summed E-state index contributed by atoms with van der Waals surface area (Å²) in [7, 11) is 3.40. The molecule has 2 heterocycles. The first kappa shape index (κ1) is 24.3. The van der Waals surface area contributed by atoms with Gasteiger partial charge in [0.2, 0.25) is 5.91 Å². The number of carbonyl (C=O) groups excluding carboxylic acids is 3. The molecule has 0 saturated carbocycles. The smallest absolute Gasteiger partial charge is 0.318 e. The third-order valence-electron chi connectivity index (χ3n) is 6.90. The molecule has 182 valence electrons. The first-order valence-electron chi connectivity index (χ1n) is 12.1. The number of amides is 4. The SMILES string of the molecule is CN(C)C(=O)[C@@H]1CCCN1C(=O)NCc1ccc(C(=O)N2C=CCCC3=C2CCCC3)cc1Cl. The van der Waals surface area contributed by atoms with Crippen LogP contribution in [-0.2, 0) is 11.3 Å². The second-order valence-electron chi connectivity index (χ2n) is 9.40. The lowest BCUT2D eigenvalue weighted by Gasteiger charge is -2.27. The van der Waals surface area contributed by atoms with Crippen LogP contribution < -0.4 is 5.32 Å². The molecule has 4 rings (SSSR count). The van der Waals surface area contributed by atoms with Crippen molar-refractivity contribution >= 4 is 29.4 Å². The molecule has 0 bridgehead atoms. The number of likely N-dealkylation sites (N-methyl/N-ethyl adjacent to an activating group) is 1. The molecule has 2 aliphatic heterocycles. The molecule has 1 atom stereocenters. The van der Waals surface area contributed by atoms with E-state index in [1.807, 2.05) is 6.20 Å². The van der Waals surface area contributed by atoms with Crippen molar-refractivity contribution in [3.63, 3.8) is 0 Å². The van der Waals surface area contributed by atoms with Crippen LogP contribution in [0.15, 0.2) is 41.7 Å². The van der Waals surface area contributed by atoms with Gasteiger partial charge in [-0.1, -0.05) is 23.7 Å². The lowest BCUT2D eigenvalue weighted by atomic mass is 9.93. The molecule has 1 N–H and O–H groups in total. The van der Waals surface area contributed by atoms with Crippen LogP contribution in [0.5, 0.6) is 0 Å². The molecule has 7 nitrogen and oxygen atoms in total. The maximum Gasteiger partial charge on any atom is 0.318 e. The zero-order valence-electron chi connectivity index (χ0n) is 20.0. The van der Waals surface area contributed by atoms with Gasteiger partial charge in [0, 0.05) is 49.7 Å². The summed E-state index contributed by atoms with van der Waals surface area (Å²) in [6, 6.07) is 4.54. The second kappa shape index (κ2) is 10.6. The molecule has 0 spiro atoms. The van der Waals surface area contributed by atoms with E-state index in [1.165, 1.54) is 16.9 Å². The quantitative estimate of drug-likeness (QED) is 0.674. The maximum atomic E-state index is 13.3. The van der Waals surface area contributed by atoms with E-state index in [1.54, 1.807) is 42.1 Å². The molecular weight excluding hydrogens is 452 g/mol. The van der Waals surface area contributed by atoms with Gasteiger partial charge in [-0.05, 0) is 74.6 Å². The van der Waals surface area contributed by atoms with Gasteiger partial charge in [-0.3, -0.25) is 14.5 Å². The topological polar surface area (TPSA) is 73.0 Å². The van der Waals surface area contributed by atoms with E-state index in [0.717, 1.165) is 49.8 Å². The van der Waals surface area contributed by atoms with Crippen molar-refractivity contribution in [1.29, 1.82) is 0 Å². The molecular formula is C26H33ClN4O3. The Labute approximate surface area is 206 Å². The minimum atomic E-state index is -0.425. The zero-order valence-corrected chi connectivity index (χ0v) is 20.7. The Kier molecular flexibility index (Phi) is 7.61. The van der Waals surface area contributed by atoms with E-state index >= 15 is 0 Å². The first-order chi connectivity index (χ1) is 16.4. The number of hydrogen-bond donors (Lipinski definition) is 1. The summed E-state index contributed by atoms with van der Waals surface area (Å²) in [5, 5.41) is 3.32. The van der Waals surface area contributed by atoms with Crippen LogP contribution in [0.2, 0.25) is 5.02 Å². The number of urea groups is 1. The van der Waals surface area contributed by atoms with Crippen LogP contribution in [0.25, 0.3) is 0 Å². The Morgan fingerprint density at radius 3 is 2.68 bits per heavy atom. The summed E-state index contributed by atoms with van der Waals surface area (Å²) >= 11 is 6.52. The summed E-state index contributed by atoms with van der Waals surface area (Å²) in [6.45, 7) is 0.781. The highest BCUT2D eigenvalue weighted by atomic mass is 35.5. The van der Waals surface area contributed by atoms with Gasteiger partial charge in [-0.2, -0.15) is 0 Å². The van der Waals surface area contributed by atoms with E-state index in [2.05, 4.69) is 11.4 Å². The first-order valence-corrected chi connectivity index (χ1v) is 12.5. The Hall–Kier alpha value is -2.80. The van der Waals surface area contributed by atoms with Crippen molar-refractivity contribution in [1.82, 2.24) is 20.0 Å². The molecule has 0 radical (unpaired) electrons. The monoisotopic (exact) mass is 484 g/mol. The average Bonchev–Trinajstić information content (AvgIpc) is 3.22. The standard InChI is InChI=1S/C26H33ClN4O3/c1-29(2)25(33)23-11-7-15-31(23)26(34)28-17-20-13-12-19(16-21(20)27)24(32)30-14-6-5-9-18-8-3-4-10-22(18)30/h6,12-14,16,23H,3-5,7-11,15,17H2,1-2H3,(H,28,34)/t23-/m0/s1. The number of hydrogen-bond acceptors (Lipinski definition) is 3. The highest BCUT2D eigenvalue weighted by Crippen LogP contribution is 2.33. The Bertz CT molecular complexity index is 1030. The van der Waals surface area contributed by atoms with Crippen LogP contribution in [0.3, 0.4) is 0 Å². The highest BCUT2D eigenvalue weighted by molar-refractivity contribution is 6.31. The molecule has 0 unspecified atom stereocenters. The van der Waals surface area contributed by atoms with Crippen molar-refractivity contribution in [2.75, 3.05) is 20.6 Å². The zero-order chi connectivity index (χ0) is 24.2. The molecule has 0 aromatic heterocycles. The van der Waals surface area contributed by atoms with Crippen LogP contribution in [0.4, 0.5) is 4.79 Å². The second-order valence-corrected chi connectivity index (χ2v) is 9.81. The predicted octanol–water partition coefficient (Wildman–Crippen LogP) is 4.68. The molecule has 1 saturated heterocycles. The van der Waals surface area contributed by atoms with Crippen LogP contribution in [0.1, 0.15) is 67.3 Å². The van der Waals surface area contributed by atoms with Crippen molar-refractivity contribution in [3.05, 3.63) is 57.9 Å². The summed E-state index contributed by atoms with van der Waals surface area (Å²) < 4.78 is 0. The van der Waals surface area contributed by atoms with Gasteiger partial charge in [-0.25, -0.2) is 4.79 Å². The summed E-state index contributed by atoms with van der Waals surface area (Å²) in [5.41, 5.74) is 3.79. The molecule has 4 amide bonds. The van der Waals surface area contributed by atoms with Crippen molar-refractivity contribution in [2.24, 2.45) is 0 Å². The summed E-state index contributed by atoms with van der Waals surface area (Å²) in [4.78, 5) is 43.4. The van der Waals surface area contributed by atoms with E-state index in [4.69, 9.17) is 11.6 Å². The van der Waals surface area contributed by atoms with Gasteiger partial charge in [0.1, 0.15) is 6.04 Å².